The van der Waals surface area contributed by atoms with E-state index in [4.69, 9.17) is 4.74 Å². The summed E-state index contributed by atoms with van der Waals surface area (Å²) in [6, 6.07) is 3.18. The van der Waals surface area contributed by atoms with Crippen LogP contribution < -0.4 is 15.5 Å². The number of hydrogen-bond acceptors (Lipinski definition) is 5. The van der Waals surface area contributed by atoms with Gasteiger partial charge in [0.05, 0.1) is 0 Å². The van der Waals surface area contributed by atoms with Gasteiger partial charge in [0.1, 0.15) is 5.60 Å². The molecule has 31 heavy (non-hydrogen) atoms. The number of aromatic nitrogens is 1. The standard InChI is InChI=1S/C22H37FN6O2/c1-7-24-20(26-13-10-16(2)28(6)21(30)31-22(3,4)5)27-17-11-14-29(15-17)19-18(23)9-8-12-25-19/h8-9,12,16-17H,7,10-11,13-15H2,1-6H3,(H2,24,26,27). The Morgan fingerprint density at radius 2 is 2.23 bits per heavy atom. The number of amides is 1. The van der Waals surface area contributed by atoms with E-state index in [9.17, 15) is 9.18 Å². The maximum Gasteiger partial charge on any atom is 0.410 e. The Labute approximate surface area is 185 Å². The number of pyridine rings is 1. The largest absolute Gasteiger partial charge is 0.444 e. The molecule has 1 aliphatic heterocycles. The Hall–Kier alpha value is -2.58. The number of anilines is 1. The van der Waals surface area contributed by atoms with Crippen molar-refractivity contribution < 1.29 is 13.9 Å². The lowest BCUT2D eigenvalue weighted by molar-refractivity contribution is 0.0231. The Morgan fingerprint density at radius 3 is 2.87 bits per heavy atom. The van der Waals surface area contributed by atoms with E-state index in [1.807, 2.05) is 39.5 Å². The van der Waals surface area contributed by atoms with Crippen molar-refractivity contribution in [1.29, 1.82) is 0 Å². The molecule has 174 valence electrons. The second-order valence-electron chi connectivity index (χ2n) is 8.87. The van der Waals surface area contributed by atoms with Crippen LogP contribution in [0, 0.1) is 5.82 Å². The molecule has 0 saturated carbocycles. The summed E-state index contributed by atoms with van der Waals surface area (Å²) in [4.78, 5) is 24.6. The van der Waals surface area contributed by atoms with Gasteiger partial charge < -0.3 is 25.2 Å². The van der Waals surface area contributed by atoms with E-state index in [0.717, 1.165) is 25.5 Å². The van der Waals surface area contributed by atoms with Crippen LogP contribution in [-0.2, 0) is 4.74 Å². The molecule has 1 aliphatic rings. The molecule has 1 aromatic rings. The van der Waals surface area contributed by atoms with E-state index in [2.05, 4.69) is 20.6 Å². The molecular weight excluding hydrogens is 399 g/mol. The highest BCUT2D eigenvalue weighted by molar-refractivity contribution is 5.80. The fourth-order valence-corrected chi connectivity index (χ4v) is 3.26. The van der Waals surface area contributed by atoms with Gasteiger partial charge in [0.2, 0.25) is 0 Å². The molecule has 8 nitrogen and oxygen atoms in total. The molecule has 0 spiro atoms. The van der Waals surface area contributed by atoms with E-state index < -0.39 is 5.60 Å². The summed E-state index contributed by atoms with van der Waals surface area (Å²) in [5.41, 5.74) is -0.515. The van der Waals surface area contributed by atoms with Crippen molar-refractivity contribution in [3.05, 3.63) is 24.1 Å². The zero-order chi connectivity index (χ0) is 23.0. The second-order valence-corrected chi connectivity index (χ2v) is 8.87. The first-order valence-corrected chi connectivity index (χ1v) is 11.0. The zero-order valence-corrected chi connectivity index (χ0v) is 19.6. The third kappa shape index (κ3) is 7.88. The van der Waals surface area contributed by atoms with Gasteiger partial charge in [0.15, 0.2) is 17.6 Å². The fourth-order valence-electron chi connectivity index (χ4n) is 3.26. The van der Waals surface area contributed by atoms with Gasteiger partial charge in [-0.15, -0.1) is 0 Å². The number of guanidine groups is 1. The van der Waals surface area contributed by atoms with Gasteiger partial charge in [-0.3, -0.25) is 4.99 Å². The number of nitrogens with zero attached hydrogens (tertiary/aromatic N) is 4. The van der Waals surface area contributed by atoms with Crippen LogP contribution in [0.5, 0.6) is 0 Å². The first-order chi connectivity index (χ1) is 14.6. The number of carbonyl (C=O) groups excluding carboxylic acids is 1. The third-order valence-corrected chi connectivity index (χ3v) is 5.07. The molecule has 0 radical (unpaired) electrons. The molecule has 2 N–H and O–H groups in total. The summed E-state index contributed by atoms with van der Waals surface area (Å²) in [6.07, 6.45) is 2.86. The summed E-state index contributed by atoms with van der Waals surface area (Å²) in [7, 11) is 1.75. The summed E-state index contributed by atoms with van der Waals surface area (Å²) < 4.78 is 19.4. The smallest absolute Gasteiger partial charge is 0.410 e. The van der Waals surface area contributed by atoms with Crippen LogP contribution in [0.1, 0.15) is 47.5 Å². The first-order valence-electron chi connectivity index (χ1n) is 11.0. The molecule has 0 aliphatic carbocycles. The van der Waals surface area contributed by atoms with Gasteiger partial charge in [0, 0.05) is 51.5 Å². The molecule has 2 atom stereocenters. The fraction of sp³-hybridized carbons (Fsp3) is 0.682. The maximum absolute atomic E-state index is 14.0. The molecule has 1 aromatic heterocycles. The normalized spacial score (nSPS) is 18.0. The number of halogens is 1. The van der Waals surface area contributed by atoms with Crippen LogP contribution in [-0.4, -0.2) is 72.8 Å². The molecule has 1 amide bonds. The second kappa shape index (κ2) is 11.2. The van der Waals surface area contributed by atoms with Crippen LogP contribution in [0.15, 0.2) is 23.3 Å². The molecule has 2 heterocycles. The monoisotopic (exact) mass is 436 g/mol. The zero-order valence-electron chi connectivity index (χ0n) is 19.6. The Balaban J connectivity index is 1.86. The number of carbonyl (C=O) groups is 1. The Bertz CT molecular complexity index is 752. The van der Waals surface area contributed by atoms with E-state index >= 15 is 0 Å². The number of nitrogens with one attached hydrogen (secondary N) is 2. The van der Waals surface area contributed by atoms with Gasteiger partial charge in [0.25, 0.3) is 0 Å². The predicted octanol–water partition coefficient (Wildman–Crippen LogP) is 3.00. The molecule has 2 unspecified atom stereocenters. The lowest BCUT2D eigenvalue weighted by Crippen LogP contribution is -2.45. The van der Waals surface area contributed by atoms with Crippen molar-refractivity contribution in [3.63, 3.8) is 0 Å². The van der Waals surface area contributed by atoms with Crippen molar-refractivity contribution in [3.8, 4) is 0 Å². The minimum absolute atomic E-state index is 0.00409. The molecule has 1 saturated heterocycles. The Kier molecular flexibility index (Phi) is 8.88. The van der Waals surface area contributed by atoms with Crippen LogP contribution in [0.4, 0.5) is 15.0 Å². The van der Waals surface area contributed by atoms with Crippen LogP contribution in [0.3, 0.4) is 0 Å². The summed E-state index contributed by atoms with van der Waals surface area (Å²) in [5.74, 6) is 0.822. The van der Waals surface area contributed by atoms with Gasteiger partial charge in [-0.25, -0.2) is 14.2 Å². The van der Waals surface area contributed by atoms with Crippen molar-refractivity contribution in [2.45, 2.75) is 65.1 Å². The van der Waals surface area contributed by atoms with Crippen LogP contribution in [0.25, 0.3) is 0 Å². The van der Waals surface area contributed by atoms with Crippen LogP contribution >= 0.6 is 0 Å². The maximum atomic E-state index is 14.0. The molecular formula is C22H37FN6O2. The van der Waals surface area contributed by atoms with Gasteiger partial charge in [-0.2, -0.15) is 0 Å². The molecule has 0 bridgehead atoms. The number of hydrogen-bond donors (Lipinski definition) is 2. The highest BCUT2D eigenvalue weighted by Gasteiger charge is 2.26. The van der Waals surface area contributed by atoms with Gasteiger partial charge in [-0.1, -0.05) is 0 Å². The van der Waals surface area contributed by atoms with Crippen molar-refractivity contribution >= 4 is 17.9 Å². The highest BCUT2D eigenvalue weighted by Crippen LogP contribution is 2.20. The van der Waals surface area contributed by atoms with Crippen molar-refractivity contribution in [2.75, 3.05) is 38.1 Å². The minimum Gasteiger partial charge on any atom is -0.444 e. The summed E-state index contributed by atoms with van der Waals surface area (Å²) >= 11 is 0. The van der Waals surface area contributed by atoms with Gasteiger partial charge in [-0.05, 0) is 59.6 Å². The summed E-state index contributed by atoms with van der Waals surface area (Å²) in [6.45, 7) is 12.3. The van der Waals surface area contributed by atoms with E-state index in [1.165, 1.54) is 6.07 Å². The number of rotatable bonds is 7. The minimum atomic E-state index is -0.515. The SMILES string of the molecule is CCNC(=NCCC(C)N(C)C(=O)OC(C)(C)C)NC1CCN(c2ncccc2F)C1. The number of aliphatic imine (C=N–C) groups is 1. The lowest BCUT2D eigenvalue weighted by atomic mass is 10.2. The average molecular weight is 437 g/mol. The van der Waals surface area contributed by atoms with Gasteiger partial charge >= 0.3 is 6.09 Å². The molecule has 2 rings (SSSR count). The molecule has 9 heteroatoms. The van der Waals surface area contributed by atoms with E-state index in [-0.39, 0.29) is 24.0 Å². The highest BCUT2D eigenvalue weighted by atomic mass is 19.1. The van der Waals surface area contributed by atoms with Crippen LogP contribution in [0.2, 0.25) is 0 Å². The molecule has 0 aromatic carbocycles. The molecule has 1 fully saturated rings. The quantitative estimate of drug-likeness (QED) is 0.505. The average Bonchev–Trinajstić information content (AvgIpc) is 3.14. The predicted molar refractivity (Wildman–Crippen MR) is 122 cm³/mol. The lowest BCUT2D eigenvalue weighted by Gasteiger charge is -2.28. The van der Waals surface area contributed by atoms with Crippen molar-refractivity contribution in [2.24, 2.45) is 4.99 Å². The summed E-state index contributed by atoms with van der Waals surface area (Å²) in [5, 5.41) is 6.69. The van der Waals surface area contributed by atoms with E-state index in [1.54, 1.807) is 24.2 Å². The number of ether oxygens (including phenoxy) is 1. The Morgan fingerprint density at radius 1 is 1.48 bits per heavy atom. The first kappa shape index (κ1) is 24.7. The topological polar surface area (TPSA) is 82.1 Å². The van der Waals surface area contributed by atoms with Crippen molar-refractivity contribution in [1.82, 2.24) is 20.5 Å². The third-order valence-electron chi connectivity index (χ3n) is 5.07. The van der Waals surface area contributed by atoms with E-state index in [0.29, 0.717) is 25.3 Å².